The van der Waals surface area contributed by atoms with Crippen LogP contribution >= 0.6 is 27.7 Å². The van der Waals surface area contributed by atoms with Crippen molar-refractivity contribution in [2.45, 2.75) is 5.16 Å². The number of benzene rings is 3. The number of imidazole rings is 1. The molecule has 1 aromatic heterocycles. The predicted molar refractivity (Wildman–Crippen MR) is 118 cm³/mol. The first-order chi connectivity index (χ1) is 13.7. The van der Waals surface area contributed by atoms with Crippen molar-refractivity contribution in [3.8, 4) is 16.9 Å². The zero-order valence-corrected chi connectivity index (χ0v) is 17.4. The minimum absolute atomic E-state index is 0.0946. The van der Waals surface area contributed by atoms with Gasteiger partial charge in [-0.1, -0.05) is 88.4 Å². The predicted octanol–water partition coefficient (Wildman–Crippen LogP) is 6.28. The van der Waals surface area contributed by atoms with Gasteiger partial charge in [-0.05, 0) is 24.3 Å². The summed E-state index contributed by atoms with van der Waals surface area (Å²) in [7, 11) is 0. The molecule has 0 amide bonds. The third-order valence-corrected chi connectivity index (χ3v) is 5.76. The maximum absolute atomic E-state index is 12.5. The van der Waals surface area contributed by atoms with Crippen LogP contribution in [0.15, 0.2) is 101 Å². The fourth-order valence-electron chi connectivity index (χ4n) is 2.84. The van der Waals surface area contributed by atoms with Gasteiger partial charge in [0.15, 0.2) is 10.9 Å². The third kappa shape index (κ3) is 4.26. The van der Waals surface area contributed by atoms with E-state index in [1.807, 2.05) is 95.7 Å². The Hall–Kier alpha value is -2.63. The Morgan fingerprint density at radius 3 is 2.21 bits per heavy atom. The number of aromatic nitrogens is 2. The second kappa shape index (κ2) is 8.59. The first-order valence-corrected chi connectivity index (χ1v) is 10.6. The van der Waals surface area contributed by atoms with E-state index in [2.05, 4.69) is 15.9 Å². The summed E-state index contributed by atoms with van der Waals surface area (Å²) in [5.74, 6) is 0.434. The first-order valence-electron chi connectivity index (χ1n) is 8.82. The Bertz CT molecular complexity index is 1080. The van der Waals surface area contributed by atoms with Crippen molar-refractivity contribution in [3.05, 3.63) is 101 Å². The van der Waals surface area contributed by atoms with Crippen LogP contribution in [0, 0.1) is 0 Å². The number of halogens is 1. The number of thioether (sulfide) groups is 1. The summed E-state index contributed by atoms with van der Waals surface area (Å²) >= 11 is 4.93. The summed E-state index contributed by atoms with van der Waals surface area (Å²) in [6, 6.07) is 27.5. The van der Waals surface area contributed by atoms with E-state index in [-0.39, 0.29) is 5.78 Å². The summed E-state index contributed by atoms with van der Waals surface area (Å²) in [5, 5.41) is 0.797. The van der Waals surface area contributed by atoms with Crippen molar-refractivity contribution in [1.29, 1.82) is 0 Å². The number of Topliss-reactive ketones (excluding diaryl/α,β-unsaturated/α-hetero) is 1. The molecule has 5 heteroatoms. The van der Waals surface area contributed by atoms with E-state index >= 15 is 0 Å². The first kappa shape index (κ1) is 18.7. The molecule has 0 radical (unpaired) electrons. The molecular weight excluding hydrogens is 432 g/mol. The van der Waals surface area contributed by atoms with Crippen molar-refractivity contribution in [3.63, 3.8) is 0 Å². The van der Waals surface area contributed by atoms with Crippen LogP contribution in [0.5, 0.6) is 0 Å². The average molecular weight is 449 g/mol. The van der Waals surface area contributed by atoms with Gasteiger partial charge in [-0.15, -0.1) is 0 Å². The highest BCUT2D eigenvalue weighted by Gasteiger charge is 2.14. The van der Waals surface area contributed by atoms with Crippen LogP contribution in [0.2, 0.25) is 0 Å². The minimum Gasteiger partial charge on any atom is -0.294 e. The Balaban J connectivity index is 1.65. The molecule has 0 aliphatic heterocycles. The highest BCUT2D eigenvalue weighted by molar-refractivity contribution is 9.10. The zero-order valence-electron chi connectivity index (χ0n) is 15.0. The quantitative estimate of drug-likeness (QED) is 0.257. The fraction of sp³-hybridized carbons (Fsp3) is 0.0435. The van der Waals surface area contributed by atoms with Gasteiger partial charge in [0.2, 0.25) is 0 Å². The Kier molecular flexibility index (Phi) is 5.74. The van der Waals surface area contributed by atoms with E-state index < -0.39 is 0 Å². The van der Waals surface area contributed by atoms with Gasteiger partial charge in [-0.3, -0.25) is 9.36 Å². The molecule has 0 bridgehead atoms. The van der Waals surface area contributed by atoms with Crippen molar-refractivity contribution in [2.24, 2.45) is 0 Å². The Labute approximate surface area is 176 Å². The van der Waals surface area contributed by atoms with E-state index in [4.69, 9.17) is 4.98 Å². The zero-order chi connectivity index (χ0) is 19.3. The number of ketones is 1. The van der Waals surface area contributed by atoms with Crippen LogP contribution < -0.4 is 0 Å². The second-order valence-corrected chi connectivity index (χ2v) is 8.06. The van der Waals surface area contributed by atoms with Crippen LogP contribution in [0.3, 0.4) is 0 Å². The van der Waals surface area contributed by atoms with E-state index in [0.29, 0.717) is 5.75 Å². The molecule has 1 heterocycles. The topological polar surface area (TPSA) is 34.9 Å². The largest absolute Gasteiger partial charge is 0.294 e. The molecule has 0 unspecified atom stereocenters. The molecular formula is C23H17BrN2OS. The van der Waals surface area contributed by atoms with E-state index in [9.17, 15) is 4.79 Å². The summed E-state index contributed by atoms with van der Waals surface area (Å²) in [4.78, 5) is 17.3. The van der Waals surface area contributed by atoms with Crippen molar-refractivity contribution < 1.29 is 4.79 Å². The van der Waals surface area contributed by atoms with Crippen LogP contribution in [0.25, 0.3) is 16.9 Å². The Morgan fingerprint density at radius 2 is 1.54 bits per heavy atom. The highest BCUT2D eigenvalue weighted by atomic mass is 79.9. The second-order valence-electron chi connectivity index (χ2n) is 6.20. The van der Waals surface area contributed by atoms with Gasteiger partial charge in [0.25, 0.3) is 0 Å². The van der Waals surface area contributed by atoms with Gasteiger partial charge in [0.1, 0.15) is 0 Å². The van der Waals surface area contributed by atoms with Gasteiger partial charge >= 0.3 is 0 Å². The van der Waals surface area contributed by atoms with Crippen molar-refractivity contribution >= 4 is 33.5 Å². The molecule has 0 atom stereocenters. The lowest BCUT2D eigenvalue weighted by molar-refractivity contribution is 0.102. The molecule has 3 nitrogen and oxygen atoms in total. The molecule has 0 N–H and O–H groups in total. The lowest BCUT2D eigenvalue weighted by atomic mass is 10.2. The number of carbonyl (C=O) groups is 1. The van der Waals surface area contributed by atoms with Crippen LogP contribution in [-0.4, -0.2) is 21.1 Å². The number of nitrogens with zero attached hydrogens (tertiary/aromatic N) is 2. The summed E-state index contributed by atoms with van der Waals surface area (Å²) in [6.45, 7) is 0. The third-order valence-electron chi connectivity index (χ3n) is 4.28. The molecule has 0 spiro atoms. The smallest absolute Gasteiger partial charge is 0.173 e. The van der Waals surface area contributed by atoms with Gasteiger partial charge in [-0.2, -0.15) is 0 Å². The molecule has 4 rings (SSSR count). The molecule has 138 valence electrons. The lowest BCUT2D eigenvalue weighted by Gasteiger charge is -2.07. The maximum atomic E-state index is 12.5. The fourth-order valence-corrected chi connectivity index (χ4v) is 3.99. The lowest BCUT2D eigenvalue weighted by Crippen LogP contribution is -2.03. The van der Waals surface area contributed by atoms with E-state index in [0.717, 1.165) is 32.1 Å². The normalized spacial score (nSPS) is 10.8. The maximum Gasteiger partial charge on any atom is 0.173 e. The standard InChI is InChI=1S/C23H17BrN2OS/c24-19-11-13-20(14-12-19)26-15-21(17-7-3-1-4-8-17)25-23(26)28-16-22(27)18-9-5-2-6-10-18/h1-15H,16H2. The summed E-state index contributed by atoms with van der Waals surface area (Å²) in [5.41, 5.74) is 3.67. The van der Waals surface area contributed by atoms with Gasteiger partial charge in [0.05, 0.1) is 11.4 Å². The monoisotopic (exact) mass is 448 g/mol. The van der Waals surface area contributed by atoms with E-state index in [1.54, 1.807) is 0 Å². The molecule has 3 aromatic carbocycles. The van der Waals surface area contributed by atoms with Crippen molar-refractivity contribution in [1.82, 2.24) is 9.55 Å². The number of hydrogen-bond donors (Lipinski definition) is 0. The highest BCUT2D eigenvalue weighted by Crippen LogP contribution is 2.28. The van der Waals surface area contributed by atoms with Gasteiger partial charge in [-0.25, -0.2) is 4.98 Å². The SMILES string of the molecule is O=C(CSc1nc(-c2ccccc2)cn1-c1ccc(Br)cc1)c1ccccc1. The number of carbonyl (C=O) groups excluding carboxylic acids is 1. The van der Waals surface area contributed by atoms with Gasteiger partial charge in [0, 0.05) is 27.5 Å². The van der Waals surface area contributed by atoms with Crippen molar-refractivity contribution in [2.75, 3.05) is 5.75 Å². The molecule has 4 aromatic rings. The molecule has 0 saturated carbocycles. The van der Waals surface area contributed by atoms with Crippen LogP contribution in [0.4, 0.5) is 0 Å². The molecule has 28 heavy (non-hydrogen) atoms. The average Bonchev–Trinajstić information content (AvgIpc) is 3.18. The van der Waals surface area contributed by atoms with Gasteiger partial charge < -0.3 is 0 Å². The van der Waals surface area contributed by atoms with Crippen LogP contribution in [-0.2, 0) is 0 Å². The number of hydrogen-bond acceptors (Lipinski definition) is 3. The molecule has 0 saturated heterocycles. The van der Waals surface area contributed by atoms with Crippen LogP contribution in [0.1, 0.15) is 10.4 Å². The summed E-state index contributed by atoms with van der Waals surface area (Å²) in [6.07, 6.45) is 2.02. The van der Waals surface area contributed by atoms with E-state index in [1.165, 1.54) is 11.8 Å². The number of rotatable bonds is 6. The summed E-state index contributed by atoms with van der Waals surface area (Å²) < 4.78 is 3.06. The Morgan fingerprint density at radius 1 is 0.893 bits per heavy atom. The molecule has 0 aliphatic carbocycles. The molecule has 0 fully saturated rings. The minimum atomic E-state index is 0.0946. The molecule has 0 aliphatic rings.